The minimum absolute atomic E-state index is 0.195. The van der Waals surface area contributed by atoms with Crippen LogP contribution < -0.4 is 15.3 Å². The molecule has 0 aromatic heterocycles. The summed E-state index contributed by atoms with van der Waals surface area (Å²) in [5, 5.41) is 8.13. The van der Waals surface area contributed by atoms with Gasteiger partial charge in [-0.05, 0) is 45.0 Å². The lowest BCUT2D eigenvalue weighted by molar-refractivity contribution is 0.158. The summed E-state index contributed by atoms with van der Waals surface area (Å²) in [7, 11) is -3.50. The number of carbonyl (C=O) groups is 1. The lowest BCUT2D eigenvalue weighted by Gasteiger charge is -2.23. The summed E-state index contributed by atoms with van der Waals surface area (Å²) in [6, 6.07) is 14.8. The van der Waals surface area contributed by atoms with Gasteiger partial charge in [-0.1, -0.05) is 35.4 Å². The molecule has 0 spiro atoms. The molecule has 2 aromatic carbocycles. The molecule has 0 atom stereocenters. The third-order valence-corrected chi connectivity index (χ3v) is 4.84. The van der Waals surface area contributed by atoms with Gasteiger partial charge in [0.05, 0.1) is 6.61 Å². The lowest BCUT2D eigenvalue weighted by atomic mass is 10.2. The van der Waals surface area contributed by atoms with E-state index >= 15 is 0 Å². The van der Waals surface area contributed by atoms with E-state index in [0.29, 0.717) is 11.4 Å². The van der Waals surface area contributed by atoms with Gasteiger partial charge in [0, 0.05) is 11.4 Å². The molecule has 0 aliphatic carbocycles. The smallest absolute Gasteiger partial charge is 0.415 e. The highest BCUT2D eigenvalue weighted by atomic mass is 31.2. The van der Waals surface area contributed by atoms with Gasteiger partial charge in [-0.15, -0.1) is 0 Å². The van der Waals surface area contributed by atoms with Crippen molar-refractivity contribution >= 4 is 25.1 Å². The quantitative estimate of drug-likeness (QED) is 0.661. The zero-order valence-corrected chi connectivity index (χ0v) is 14.9. The molecular weight excluding hydrogens is 325 g/mol. The van der Waals surface area contributed by atoms with Gasteiger partial charge >= 0.3 is 13.7 Å². The molecule has 0 heterocycles. The molecule has 7 heteroatoms. The van der Waals surface area contributed by atoms with Crippen LogP contribution in [0.5, 0.6) is 0 Å². The van der Waals surface area contributed by atoms with Gasteiger partial charge in [0.1, 0.15) is 0 Å². The zero-order valence-electron chi connectivity index (χ0n) is 14.0. The van der Waals surface area contributed by atoms with E-state index in [1.807, 2.05) is 38.1 Å². The monoisotopic (exact) mass is 347 g/mol. The number of benzene rings is 2. The zero-order chi connectivity index (χ0) is 17.6. The Hall–Kier alpha value is -2.46. The predicted octanol–water partition coefficient (Wildman–Crippen LogP) is 4.68. The van der Waals surface area contributed by atoms with Crippen LogP contribution in [0.2, 0.25) is 0 Å². The molecule has 2 aromatic rings. The maximum Gasteiger partial charge on any atom is 0.415 e. The van der Waals surface area contributed by atoms with Crippen LogP contribution in [0, 0.1) is 13.8 Å². The van der Waals surface area contributed by atoms with Gasteiger partial charge in [0.15, 0.2) is 0 Å². The van der Waals surface area contributed by atoms with Gasteiger partial charge in [0.25, 0.3) is 0 Å². The molecule has 1 amide bonds. The van der Waals surface area contributed by atoms with Gasteiger partial charge in [-0.25, -0.2) is 9.88 Å². The molecule has 0 saturated heterocycles. The van der Waals surface area contributed by atoms with Crippen molar-refractivity contribution in [2.45, 2.75) is 20.8 Å². The van der Waals surface area contributed by atoms with Crippen molar-refractivity contribution in [3.05, 3.63) is 59.7 Å². The number of ether oxygens (including phenoxy) is 1. The van der Waals surface area contributed by atoms with E-state index < -0.39 is 13.7 Å². The third kappa shape index (κ3) is 5.32. The molecule has 0 unspecified atom stereocenters. The molecule has 24 heavy (non-hydrogen) atoms. The Morgan fingerprint density at radius 1 is 0.917 bits per heavy atom. The summed E-state index contributed by atoms with van der Waals surface area (Å²) in [4.78, 5) is 11.8. The maximum atomic E-state index is 13.2. The van der Waals surface area contributed by atoms with Gasteiger partial charge in [-0.2, -0.15) is 0 Å². The summed E-state index contributed by atoms with van der Waals surface area (Å²) in [6.07, 6.45) is -0.750. The Morgan fingerprint density at radius 2 is 1.33 bits per heavy atom. The van der Waals surface area contributed by atoms with Crippen molar-refractivity contribution in [1.29, 1.82) is 0 Å². The van der Waals surface area contributed by atoms with Crippen LogP contribution in [0.1, 0.15) is 18.1 Å². The van der Waals surface area contributed by atoms with Crippen LogP contribution in [-0.4, -0.2) is 12.7 Å². The largest absolute Gasteiger partial charge is 0.450 e. The first-order chi connectivity index (χ1) is 11.4. The van der Waals surface area contributed by atoms with E-state index in [9.17, 15) is 9.36 Å². The number of rotatable bonds is 6. The number of anilines is 2. The Morgan fingerprint density at radius 3 is 1.71 bits per heavy atom. The predicted molar refractivity (Wildman–Crippen MR) is 97.4 cm³/mol. The van der Waals surface area contributed by atoms with Gasteiger partial charge < -0.3 is 14.9 Å². The van der Waals surface area contributed by atoms with Crippen LogP contribution in [0.4, 0.5) is 16.2 Å². The lowest BCUT2D eigenvalue weighted by Crippen LogP contribution is -2.28. The van der Waals surface area contributed by atoms with E-state index in [1.165, 1.54) is 0 Å². The fourth-order valence-electron chi connectivity index (χ4n) is 2.00. The van der Waals surface area contributed by atoms with Gasteiger partial charge in [-0.3, -0.25) is 4.57 Å². The summed E-state index contributed by atoms with van der Waals surface area (Å²) in [5.74, 6) is 0. The molecule has 0 saturated carbocycles. The average Bonchev–Trinajstić information content (AvgIpc) is 2.52. The molecular formula is C17H22N3O3P. The summed E-state index contributed by atoms with van der Waals surface area (Å²) in [6.45, 7) is 5.81. The average molecular weight is 347 g/mol. The first-order valence-corrected chi connectivity index (χ1v) is 9.36. The van der Waals surface area contributed by atoms with Crippen LogP contribution in [0.25, 0.3) is 0 Å². The first-order valence-electron chi connectivity index (χ1n) is 7.65. The van der Waals surface area contributed by atoms with Crippen molar-refractivity contribution in [2.24, 2.45) is 0 Å². The standard InChI is InChI=1S/C17H22N3O3P/c1-4-23-17(21)20-24(22,18-15-9-5-13(2)6-10-15)19-16-11-7-14(3)8-12-16/h5-12H,4H2,1-3H3,(H3,18,19,20,21,22). The van der Waals surface area contributed by atoms with Crippen molar-refractivity contribution in [3.63, 3.8) is 0 Å². The fourth-order valence-corrected chi connectivity index (χ4v) is 3.51. The minimum Gasteiger partial charge on any atom is -0.450 e. The molecule has 0 fully saturated rings. The fraction of sp³-hybridized carbons (Fsp3) is 0.235. The Kier molecular flexibility index (Phi) is 5.88. The van der Waals surface area contributed by atoms with Crippen LogP contribution in [-0.2, 0) is 9.30 Å². The topological polar surface area (TPSA) is 79.5 Å². The molecule has 0 radical (unpaired) electrons. The minimum atomic E-state index is -3.50. The number of aryl methyl sites for hydroxylation is 2. The second-order valence-electron chi connectivity index (χ2n) is 5.40. The molecule has 0 aliphatic heterocycles. The molecule has 0 aliphatic rings. The van der Waals surface area contributed by atoms with Gasteiger partial charge in [0.2, 0.25) is 0 Å². The number of amides is 1. The van der Waals surface area contributed by atoms with Crippen LogP contribution in [0.15, 0.2) is 48.5 Å². The molecule has 3 N–H and O–H groups in total. The summed E-state index contributed by atoms with van der Waals surface area (Å²) < 4.78 is 18.0. The van der Waals surface area contributed by atoms with E-state index in [2.05, 4.69) is 15.3 Å². The molecule has 128 valence electrons. The van der Waals surface area contributed by atoms with E-state index in [1.54, 1.807) is 31.2 Å². The number of carbonyl (C=O) groups excluding carboxylic acids is 1. The number of hydrogen-bond acceptors (Lipinski definition) is 3. The Bertz CT molecular complexity index is 678. The van der Waals surface area contributed by atoms with E-state index in [-0.39, 0.29) is 6.61 Å². The number of nitrogens with one attached hydrogen (secondary N) is 3. The molecule has 2 rings (SSSR count). The SMILES string of the molecule is CCOC(=O)NP(=O)(Nc1ccc(C)cc1)Nc1ccc(C)cc1. The highest BCUT2D eigenvalue weighted by Crippen LogP contribution is 2.41. The summed E-state index contributed by atoms with van der Waals surface area (Å²) in [5.41, 5.74) is 3.42. The van der Waals surface area contributed by atoms with Crippen LogP contribution >= 0.6 is 7.59 Å². The highest BCUT2D eigenvalue weighted by molar-refractivity contribution is 7.65. The first kappa shape index (κ1) is 17.9. The van der Waals surface area contributed by atoms with Crippen molar-refractivity contribution in [2.75, 3.05) is 16.8 Å². The normalized spacial score (nSPS) is 10.8. The van der Waals surface area contributed by atoms with E-state index in [0.717, 1.165) is 11.1 Å². The third-order valence-electron chi connectivity index (χ3n) is 3.20. The molecule has 6 nitrogen and oxygen atoms in total. The summed E-state index contributed by atoms with van der Waals surface area (Å²) >= 11 is 0. The van der Waals surface area contributed by atoms with Crippen LogP contribution in [0.3, 0.4) is 0 Å². The molecule has 0 bridgehead atoms. The highest BCUT2D eigenvalue weighted by Gasteiger charge is 2.25. The van der Waals surface area contributed by atoms with Crippen molar-refractivity contribution in [1.82, 2.24) is 5.09 Å². The maximum absolute atomic E-state index is 13.2. The second kappa shape index (κ2) is 7.88. The Labute approximate surface area is 142 Å². The van der Waals surface area contributed by atoms with Crippen molar-refractivity contribution in [3.8, 4) is 0 Å². The van der Waals surface area contributed by atoms with Crippen molar-refractivity contribution < 1.29 is 14.1 Å². The number of hydrogen-bond donors (Lipinski definition) is 3. The second-order valence-corrected chi connectivity index (χ2v) is 7.29. The Balaban J connectivity index is 2.22. The van der Waals surface area contributed by atoms with E-state index in [4.69, 9.17) is 4.74 Å².